The Labute approximate surface area is 136 Å². The summed E-state index contributed by atoms with van der Waals surface area (Å²) in [6.45, 7) is 1.80. The molecule has 0 fully saturated rings. The first-order valence-electron chi connectivity index (χ1n) is 6.84. The maximum absolute atomic E-state index is 12.1. The molecule has 0 aliphatic carbocycles. The van der Waals surface area contributed by atoms with Crippen LogP contribution < -0.4 is 11.5 Å². The fraction of sp³-hybridized carbons (Fsp3) is 0.125. The molecule has 4 N–H and O–H groups in total. The van der Waals surface area contributed by atoms with Crippen molar-refractivity contribution in [1.29, 1.82) is 0 Å². The highest BCUT2D eigenvalue weighted by Crippen LogP contribution is 2.44. The van der Waals surface area contributed by atoms with Gasteiger partial charge in [-0.05, 0) is 42.3 Å². The fourth-order valence-corrected chi connectivity index (χ4v) is 4.08. The van der Waals surface area contributed by atoms with Gasteiger partial charge in [0.05, 0.1) is 10.4 Å². The van der Waals surface area contributed by atoms with Gasteiger partial charge in [0.1, 0.15) is 0 Å². The standard InChI is InChI=1S/C16H14N4O2S/c1-9-11(14(17)21)13(16(15(18)22)5-2-6-20-16)23-12(9)10-3-7-19-8-4-10/h2-8H,1H3,(H2,17,21)(H2,18,22). The second-order valence-corrected chi connectivity index (χ2v) is 6.15. The lowest BCUT2D eigenvalue weighted by atomic mass is 9.92. The van der Waals surface area contributed by atoms with Crippen molar-refractivity contribution >= 4 is 29.4 Å². The van der Waals surface area contributed by atoms with Crippen molar-refractivity contribution in [1.82, 2.24) is 4.98 Å². The molecule has 23 heavy (non-hydrogen) atoms. The van der Waals surface area contributed by atoms with Crippen LogP contribution in [0.25, 0.3) is 10.4 Å². The van der Waals surface area contributed by atoms with Gasteiger partial charge in [0.25, 0.3) is 5.91 Å². The highest BCUT2D eigenvalue weighted by atomic mass is 32.1. The monoisotopic (exact) mass is 326 g/mol. The molecule has 0 radical (unpaired) electrons. The first kappa shape index (κ1) is 15.1. The molecule has 0 spiro atoms. The first-order chi connectivity index (χ1) is 11.0. The smallest absolute Gasteiger partial charge is 0.254 e. The minimum atomic E-state index is -1.37. The summed E-state index contributed by atoms with van der Waals surface area (Å²) >= 11 is 1.30. The summed E-state index contributed by atoms with van der Waals surface area (Å²) in [6.07, 6.45) is 8.04. The Bertz CT molecular complexity index is 840. The van der Waals surface area contributed by atoms with E-state index in [-0.39, 0.29) is 0 Å². The lowest BCUT2D eigenvalue weighted by molar-refractivity contribution is -0.121. The summed E-state index contributed by atoms with van der Waals surface area (Å²) in [7, 11) is 0. The first-order valence-corrected chi connectivity index (χ1v) is 7.66. The van der Waals surface area contributed by atoms with E-state index >= 15 is 0 Å². The Morgan fingerprint density at radius 3 is 2.43 bits per heavy atom. The van der Waals surface area contributed by atoms with Gasteiger partial charge >= 0.3 is 0 Å². The van der Waals surface area contributed by atoms with Crippen molar-refractivity contribution in [2.75, 3.05) is 0 Å². The number of nitrogens with zero attached hydrogens (tertiary/aromatic N) is 2. The number of primary amides is 2. The Kier molecular flexibility index (Phi) is 3.57. The fourth-order valence-electron chi connectivity index (χ4n) is 2.64. The lowest BCUT2D eigenvalue weighted by Crippen LogP contribution is -2.37. The summed E-state index contributed by atoms with van der Waals surface area (Å²) in [5.41, 5.74) is 11.7. The van der Waals surface area contributed by atoms with Gasteiger partial charge in [-0.25, -0.2) is 0 Å². The predicted octanol–water partition coefficient (Wildman–Crippen LogP) is 1.54. The van der Waals surface area contributed by atoms with Crippen LogP contribution in [-0.2, 0) is 10.3 Å². The maximum atomic E-state index is 12.1. The summed E-state index contributed by atoms with van der Waals surface area (Å²) in [6, 6.07) is 3.66. The number of carbonyl (C=O) groups is 2. The van der Waals surface area contributed by atoms with Crippen LogP contribution in [0.3, 0.4) is 0 Å². The quantitative estimate of drug-likeness (QED) is 0.888. The number of amides is 2. The minimum absolute atomic E-state index is 0.296. The number of thiophene rings is 1. The highest BCUT2D eigenvalue weighted by molar-refractivity contribution is 7.16. The Morgan fingerprint density at radius 2 is 1.91 bits per heavy atom. The number of aliphatic imine (C=N–C) groups is 1. The average Bonchev–Trinajstić information content (AvgIpc) is 3.13. The molecule has 0 bridgehead atoms. The molecular formula is C16H14N4O2S. The maximum Gasteiger partial charge on any atom is 0.254 e. The van der Waals surface area contributed by atoms with Crippen LogP contribution in [0.1, 0.15) is 20.8 Å². The SMILES string of the molecule is Cc1c(-c2ccncc2)sc(C2(C(N)=O)C=CC=N2)c1C(N)=O. The third kappa shape index (κ3) is 2.25. The molecule has 2 aromatic rings. The second-order valence-electron chi connectivity index (χ2n) is 5.13. The van der Waals surface area contributed by atoms with E-state index in [4.69, 9.17) is 11.5 Å². The van der Waals surface area contributed by atoms with E-state index in [1.54, 1.807) is 31.5 Å². The van der Waals surface area contributed by atoms with Crippen LogP contribution in [0.2, 0.25) is 0 Å². The van der Waals surface area contributed by atoms with Gasteiger partial charge in [0.15, 0.2) is 5.54 Å². The van der Waals surface area contributed by atoms with Crippen LogP contribution in [0.15, 0.2) is 41.7 Å². The molecule has 7 heteroatoms. The van der Waals surface area contributed by atoms with E-state index in [9.17, 15) is 9.59 Å². The zero-order valence-corrected chi connectivity index (χ0v) is 13.1. The third-order valence-electron chi connectivity index (χ3n) is 3.76. The Balaban J connectivity index is 2.30. The number of carbonyl (C=O) groups excluding carboxylic acids is 2. The Morgan fingerprint density at radius 1 is 1.22 bits per heavy atom. The van der Waals surface area contributed by atoms with Crippen LogP contribution in [-0.4, -0.2) is 23.0 Å². The van der Waals surface area contributed by atoms with Gasteiger partial charge in [0.2, 0.25) is 5.91 Å². The average molecular weight is 326 g/mol. The number of aromatic nitrogens is 1. The molecule has 0 aromatic carbocycles. The van der Waals surface area contributed by atoms with Gasteiger partial charge in [-0.2, -0.15) is 0 Å². The molecule has 6 nitrogen and oxygen atoms in total. The van der Waals surface area contributed by atoms with Crippen LogP contribution in [0.4, 0.5) is 0 Å². The van der Waals surface area contributed by atoms with E-state index in [1.807, 2.05) is 12.1 Å². The predicted molar refractivity (Wildman–Crippen MR) is 89.3 cm³/mol. The van der Waals surface area contributed by atoms with E-state index in [2.05, 4.69) is 9.98 Å². The Hall–Kier alpha value is -2.80. The van der Waals surface area contributed by atoms with Crippen molar-refractivity contribution in [3.63, 3.8) is 0 Å². The zero-order valence-electron chi connectivity index (χ0n) is 12.3. The number of nitrogens with two attached hydrogens (primary N) is 2. The molecule has 1 atom stereocenters. The topological polar surface area (TPSA) is 111 Å². The van der Waals surface area contributed by atoms with Gasteiger partial charge in [-0.15, -0.1) is 11.3 Å². The molecule has 2 aromatic heterocycles. The minimum Gasteiger partial charge on any atom is -0.367 e. The number of hydrogen-bond acceptors (Lipinski definition) is 5. The zero-order chi connectivity index (χ0) is 16.6. The molecule has 1 aliphatic rings. The van der Waals surface area contributed by atoms with Gasteiger partial charge in [-0.1, -0.05) is 0 Å². The molecule has 0 saturated heterocycles. The summed E-state index contributed by atoms with van der Waals surface area (Å²) < 4.78 is 0. The molecule has 1 unspecified atom stereocenters. The summed E-state index contributed by atoms with van der Waals surface area (Å²) in [4.78, 5) is 33.5. The molecule has 1 aliphatic heterocycles. The van der Waals surface area contributed by atoms with Crippen molar-refractivity contribution in [3.05, 3.63) is 52.7 Å². The molecule has 3 rings (SSSR count). The van der Waals surface area contributed by atoms with Crippen molar-refractivity contribution in [3.8, 4) is 10.4 Å². The van der Waals surface area contributed by atoms with E-state index in [0.29, 0.717) is 16.0 Å². The normalized spacial score (nSPS) is 19.2. The number of allylic oxidation sites excluding steroid dienone is 1. The van der Waals surface area contributed by atoms with Gasteiger partial charge in [0, 0.05) is 23.5 Å². The van der Waals surface area contributed by atoms with Crippen molar-refractivity contribution < 1.29 is 9.59 Å². The molecular weight excluding hydrogens is 312 g/mol. The number of rotatable bonds is 4. The molecule has 3 heterocycles. The largest absolute Gasteiger partial charge is 0.367 e. The van der Waals surface area contributed by atoms with Crippen LogP contribution in [0.5, 0.6) is 0 Å². The lowest BCUT2D eigenvalue weighted by Gasteiger charge is -2.20. The van der Waals surface area contributed by atoms with Crippen LogP contribution >= 0.6 is 11.3 Å². The highest BCUT2D eigenvalue weighted by Gasteiger charge is 2.42. The van der Waals surface area contributed by atoms with E-state index < -0.39 is 17.4 Å². The molecule has 116 valence electrons. The van der Waals surface area contributed by atoms with Gasteiger partial charge in [-0.3, -0.25) is 19.6 Å². The summed E-state index contributed by atoms with van der Waals surface area (Å²) in [5.74, 6) is -1.25. The number of hydrogen-bond donors (Lipinski definition) is 2. The van der Waals surface area contributed by atoms with Crippen LogP contribution in [0, 0.1) is 6.92 Å². The molecule has 2 amide bonds. The van der Waals surface area contributed by atoms with Crippen molar-refractivity contribution in [2.24, 2.45) is 16.5 Å². The number of pyridine rings is 1. The second kappa shape index (κ2) is 5.44. The van der Waals surface area contributed by atoms with Gasteiger partial charge < -0.3 is 11.5 Å². The van der Waals surface area contributed by atoms with Crippen molar-refractivity contribution in [2.45, 2.75) is 12.5 Å². The summed E-state index contributed by atoms with van der Waals surface area (Å²) in [5, 5.41) is 0. The van der Waals surface area contributed by atoms with E-state index in [1.165, 1.54) is 17.6 Å². The third-order valence-corrected chi connectivity index (χ3v) is 5.22. The van der Waals surface area contributed by atoms with E-state index in [0.717, 1.165) is 10.4 Å². The molecule has 0 saturated carbocycles.